The Labute approximate surface area is 177 Å². The number of amides is 1. The van der Waals surface area contributed by atoms with E-state index in [-0.39, 0.29) is 17.6 Å². The largest absolute Gasteiger partial charge is 0.420 e. The summed E-state index contributed by atoms with van der Waals surface area (Å²) in [5.41, 5.74) is 1.85. The molecule has 0 saturated carbocycles. The first-order valence-electron chi connectivity index (χ1n) is 10.1. The summed E-state index contributed by atoms with van der Waals surface area (Å²) in [5, 5.41) is 12.2. The molecule has 0 unspecified atom stereocenters. The third-order valence-electron chi connectivity index (χ3n) is 5.45. The molecule has 2 aromatic heterocycles. The molecule has 0 N–H and O–H groups in total. The van der Waals surface area contributed by atoms with Crippen LogP contribution in [-0.2, 0) is 0 Å². The van der Waals surface area contributed by atoms with Gasteiger partial charge in [-0.25, -0.2) is 4.39 Å². The second-order valence-corrected chi connectivity index (χ2v) is 7.46. The Morgan fingerprint density at radius 2 is 1.71 bits per heavy atom. The fraction of sp³-hybridized carbons (Fsp3) is 0.217. The van der Waals surface area contributed by atoms with E-state index in [4.69, 9.17) is 8.94 Å². The second kappa shape index (κ2) is 8.14. The van der Waals surface area contributed by atoms with E-state index in [9.17, 15) is 9.18 Å². The highest BCUT2D eigenvalue weighted by atomic mass is 19.1. The lowest BCUT2D eigenvalue weighted by Gasteiger charge is -2.29. The highest BCUT2D eigenvalue weighted by molar-refractivity contribution is 5.93. The van der Waals surface area contributed by atoms with E-state index in [2.05, 4.69) is 15.4 Å². The Morgan fingerprint density at radius 3 is 2.45 bits per heavy atom. The molecule has 1 aliphatic heterocycles. The number of carbonyl (C=O) groups excluding carboxylic acids is 1. The van der Waals surface area contributed by atoms with Gasteiger partial charge in [-0.3, -0.25) is 4.79 Å². The summed E-state index contributed by atoms with van der Waals surface area (Å²) in [6, 6.07) is 17.2. The first kappa shape index (κ1) is 19.2. The topological polar surface area (TPSA) is 85.3 Å². The lowest BCUT2D eigenvalue weighted by atomic mass is 9.96. The number of likely N-dealkylation sites (tertiary alicyclic amines) is 1. The third-order valence-corrected chi connectivity index (χ3v) is 5.45. The molecule has 3 heterocycles. The van der Waals surface area contributed by atoms with Gasteiger partial charge in [0.15, 0.2) is 11.5 Å². The zero-order valence-electron chi connectivity index (χ0n) is 16.6. The Balaban J connectivity index is 1.22. The van der Waals surface area contributed by atoms with Gasteiger partial charge in [-0.2, -0.15) is 0 Å². The second-order valence-electron chi connectivity index (χ2n) is 7.46. The van der Waals surface area contributed by atoms with Crippen LogP contribution in [0.4, 0.5) is 4.39 Å². The molecule has 4 aromatic rings. The van der Waals surface area contributed by atoms with Crippen LogP contribution < -0.4 is 0 Å². The summed E-state index contributed by atoms with van der Waals surface area (Å²) in [6.45, 7) is 1.12. The lowest BCUT2D eigenvalue weighted by molar-refractivity contribution is 0.0696. The number of piperidine rings is 1. The maximum atomic E-state index is 13.1. The van der Waals surface area contributed by atoms with Gasteiger partial charge in [-0.05, 0) is 37.1 Å². The van der Waals surface area contributed by atoms with Crippen LogP contribution in [0, 0.1) is 5.82 Å². The number of hydrogen-bond donors (Lipinski definition) is 0. The van der Waals surface area contributed by atoms with E-state index in [1.54, 1.807) is 23.1 Å². The number of nitrogens with zero attached hydrogens (tertiary/aromatic N) is 4. The zero-order chi connectivity index (χ0) is 21.2. The summed E-state index contributed by atoms with van der Waals surface area (Å²) in [5.74, 6) is 1.08. The van der Waals surface area contributed by atoms with Crippen molar-refractivity contribution < 1.29 is 18.1 Å². The van der Waals surface area contributed by atoms with E-state index < -0.39 is 0 Å². The summed E-state index contributed by atoms with van der Waals surface area (Å²) >= 11 is 0. The number of rotatable bonds is 4. The Hall–Kier alpha value is -3.81. The molecule has 1 amide bonds. The van der Waals surface area contributed by atoms with Crippen molar-refractivity contribution in [3.8, 4) is 22.8 Å². The van der Waals surface area contributed by atoms with Crippen LogP contribution in [0.25, 0.3) is 22.8 Å². The van der Waals surface area contributed by atoms with E-state index in [0.717, 1.165) is 5.56 Å². The van der Waals surface area contributed by atoms with Crippen LogP contribution in [0.2, 0.25) is 0 Å². The molecule has 156 valence electrons. The zero-order valence-corrected chi connectivity index (χ0v) is 16.6. The van der Waals surface area contributed by atoms with E-state index in [1.165, 1.54) is 12.1 Å². The quantitative estimate of drug-likeness (QED) is 0.483. The minimum atomic E-state index is -0.316. The van der Waals surface area contributed by atoms with Crippen LogP contribution in [0.1, 0.15) is 35.1 Å². The van der Waals surface area contributed by atoms with E-state index >= 15 is 0 Å². The summed E-state index contributed by atoms with van der Waals surface area (Å²) in [6.07, 6.45) is 1.42. The number of carbonyl (C=O) groups is 1. The minimum absolute atomic E-state index is 0.0722. The standard InChI is InChI=1S/C23H19FN4O3/c24-18-8-6-16(7-9-18)21-25-26-22(30-21)17-10-12-28(13-11-17)23(29)19-14-20(31-27-19)15-4-2-1-3-5-15/h1-9,14,17H,10-13H2. The predicted octanol–water partition coefficient (Wildman–Crippen LogP) is 4.55. The molecule has 1 saturated heterocycles. The summed E-state index contributed by atoms with van der Waals surface area (Å²) in [4.78, 5) is 14.6. The van der Waals surface area contributed by atoms with Crippen LogP contribution >= 0.6 is 0 Å². The molecule has 5 rings (SSSR count). The number of benzene rings is 2. The van der Waals surface area contributed by atoms with Crippen molar-refractivity contribution in [3.63, 3.8) is 0 Å². The maximum Gasteiger partial charge on any atom is 0.276 e. The molecule has 0 aliphatic carbocycles. The van der Waals surface area contributed by atoms with Crippen LogP contribution in [0.5, 0.6) is 0 Å². The van der Waals surface area contributed by atoms with Gasteiger partial charge in [0.05, 0.1) is 0 Å². The van der Waals surface area contributed by atoms with Crippen LogP contribution in [0.3, 0.4) is 0 Å². The summed E-state index contributed by atoms with van der Waals surface area (Å²) in [7, 11) is 0. The van der Waals surface area contributed by atoms with Gasteiger partial charge < -0.3 is 13.8 Å². The van der Waals surface area contributed by atoms with Crippen molar-refractivity contribution in [2.45, 2.75) is 18.8 Å². The molecule has 0 atom stereocenters. The molecule has 1 aliphatic rings. The number of aromatic nitrogens is 3. The van der Waals surface area contributed by atoms with Crippen molar-refractivity contribution in [1.29, 1.82) is 0 Å². The molecule has 0 bridgehead atoms. The molecule has 31 heavy (non-hydrogen) atoms. The molecule has 1 fully saturated rings. The fourth-order valence-electron chi connectivity index (χ4n) is 3.71. The Bertz CT molecular complexity index is 1180. The predicted molar refractivity (Wildman–Crippen MR) is 110 cm³/mol. The maximum absolute atomic E-state index is 13.1. The van der Waals surface area contributed by atoms with E-state index in [1.807, 2.05) is 30.3 Å². The van der Waals surface area contributed by atoms with Crippen LogP contribution in [0.15, 0.2) is 69.6 Å². The average molecular weight is 418 g/mol. The van der Waals surface area contributed by atoms with Gasteiger partial charge in [0.1, 0.15) is 5.82 Å². The number of halogens is 1. The van der Waals surface area contributed by atoms with Crippen LogP contribution in [-0.4, -0.2) is 39.3 Å². The molecule has 8 heteroatoms. The van der Waals surface area contributed by atoms with Gasteiger partial charge in [0.2, 0.25) is 11.8 Å². The molecular formula is C23H19FN4O3. The van der Waals surface area contributed by atoms with Gasteiger partial charge in [0.25, 0.3) is 5.91 Å². The smallest absolute Gasteiger partial charge is 0.276 e. The Kier molecular flexibility index (Phi) is 5.03. The SMILES string of the molecule is O=C(c1cc(-c2ccccc2)on1)N1CCC(c2nnc(-c3ccc(F)cc3)o2)CC1. The highest BCUT2D eigenvalue weighted by Gasteiger charge is 2.29. The average Bonchev–Trinajstić information content (AvgIpc) is 3.50. The highest BCUT2D eigenvalue weighted by Crippen LogP contribution is 2.30. The third kappa shape index (κ3) is 3.96. The first-order chi connectivity index (χ1) is 15.2. The van der Waals surface area contributed by atoms with Crippen molar-refractivity contribution in [2.75, 3.05) is 13.1 Å². The van der Waals surface area contributed by atoms with Crippen molar-refractivity contribution >= 4 is 5.91 Å². The van der Waals surface area contributed by atoms with Crippen molar-refractivity contribution in [2.24, 2.45) is 0 Å². The minimum Gasteiger partial charge on any atom is -0.420 e. The molecule has 2 aromatic carbocycles. The molecular weight excluding hydrogens is 399 g/mol. The molecule has 7 nitrogen and oxygen atoms in total. The fourth-order valence-corrected chi connectivity index (χ4v) is 3.71. The van der Waals surface area contributed by atoms with Gasteiger partial charge >= 0.3 is 0 Å². The van der Waals surface area contributed by atoms with Crippen molar-refractivity contribution in [1.82, 2.24) is 20.3 Å². The molecule has 0 spiro atoms. The lowest BCUT2D eigenvalue weighted by Crippen LogP contribution is -2.38. The Morgan fingerprint density at radius 1 is 0.968 bits per heavy atom. The van der Waals surface area contributed by atoms with Crippen molar-refractivity contribution in [3.05, 3.63) is 78.1 Å². The number of hydrogen-bond acceptors (Lipinski definition) is 6. The monoisotopic (exact) mass is 418 g/mol. The van der Waals surface area contributed by atoms with Gasteiger partial charge in [-0.15, -0.1) is 10.2 Å². The normalized spacial score (nSPS) is 14.7. The first-order valence-corrected chi connectivity index (χ1v) is 10.1. The van der Waals surface area contributed by atoms with E-state index in [0.29, 0.717) is 54.7 Å². The molecule has 0 radical (unpaired) electrons. The van der Waals surface area contributed by atoms with Gasteiger partial charge in [0, 0.05) is 36.2 Å². The summed E-state index contributed by atoms with van der Waals surface area (Å²) < 4.78 is 24.3. The van der Waals surface area contributed by atoms with Gasteiger partial charge in [-0.1, -0.05) is 35.5 Å².